The fourth-order valence-electron chi connectivity index (χ4n) is 4.89. The molecule has 0 unspecified atom stereocenters. The highest BCUT2D eigenvalue weighted by Crippen LogP contribution is 2.43. The standard InChI is InChI=1S/C33H26N4/c1-25-21-23-26(24-22-25)30-19-11-12-20-31(30)32-34-35-36-37(32)33(27-13-5-2-6-14-27,28-15-7-3-8-16-28)29-17-9-4-10-18-29/h2-24H,1H3/i21D,22D,23D,24D. The van der Waals surface area contributed by atoms with Gasteiger partial charge in [0.1, 0.15) is 5.54 Å². The Balaban J connectivity index is 1.71. The molecule has 0 saturated heterocycles. The molecule has 0 aliphatic heterocycles. The smallest absolute Gasteiger partial charge is 0.184 e. The van der Waals surface area contributed by atoms with E-state index in [0.29, 0.717) is 22.5 Å². The third-order valence-corrected chi connectivity index (χ3v) is 6.55. The topological polar surface area (TPSA) is 43.6 Å². The molecule has 0 spiro atoms. The fraction of sp³-hybridized carbons (Fsp3) is 0.0606. The van der Waals surface area contributed by atoms with Gasteiger partial charge in [-0.3, -0.25) is 0 Å². The van der Waals surface area contributed by atoms with E-state index in [1.807, 2.05) is 72.8 Å². The van der Waals surface area contributed by atoms with Crippen molar-refractivity contribution in [2.45, 2.75) is 12.5 Å². The van der Waals surface area contributed by atoms with Crippen molar-refractivity contribution in [2.24, 2.45) is 0 Å². The van der Waals surface area contributed by atoms with E-state index in [4.69, 9.17) is 5.48 Å². The molecule has 6 rings (SSSR count). The van der Waals surface area contributed by atoms with Gasteiger partial charge in [-0.15, -0.1) is 5.10 Å². The molecule has 0 aliphatic carbocycles. The maximum atomic E-state index is 8.76. The van der Waals surface area contributed by atoms with Crippen molar-refractivity contribution in [2.75, 3.05) is 0 Å². The van der Waals surface area contributed by atoms with Crippen LogP contribution in [0.5, 0.6) is 0 Å². The summed E-state index contributed by atoms with van der Waals surface area (Å²) in [6, 6.07) is 37.2. The minimum Gasteiger partial charge on any atom is -0.205 e. The quantitative estimate of drug-likeness (QED) is 0.237. The van der Waals surface area contributed by atoms with Crippen molar-refractivity contribution in [1.82, 2.24) is 20.2 Å². The predicted octanol–water partition coefficient (Wildman–Crippen LogP) is 7.16. The molecule has 0 N–H and O–H groups in total. The number of rotatable bonds is 6. The molecule has 6 aromatic rings. The van der Waals surface area contributed by atoms with E-state index in [2.05, 4.69) is 51.9 Å². The Morgan fingerprint density at radius 2 is 1.05 bits per heavy atom. The maximum absolute atomic E-state index is 8.76. The van der Waals surface area contributed by atoms with E-state index in [0.717, 1.165) is 16.7 Å². The Labute approximate surface area is 222 Å². The summed E-state index contributed by atoms with van der Waals surface area (Å²) < 4.78 is 36.2. The minimum atomic E-state index is -0.974. The van der Waals surface area contributed by atoms with Crippen LogP contribution in [-0.4, -0.2) is 20.2 Å². The Bertz CT molecular complexity index is 1710. The first-order chi connectivity index (χ1) is 20.0. The largest absolute Gasteiger partial charge is 0.205 e. The van der Waals surface area contributed by atoms with E-state index < -0.39 is 5.54 Å². The van der Waals surface area contributed by atoms with Crippen LogP contribution in [-0.2, 0) is 5.54 Å². The summed E-state index contributed by atoms with van der Waals surface area (Å²) in [4.78, 5) is 0. The molecule has 4 heteroatoms. The van der Waals surface area contributed by atoms with Crippen LogP contribution in [0.3, 0.4) is 0 Å². The van der Waals surface area contributed by atoms with Gasteiger partial charge in [-0.05, 0) is 45.2 Å². The highest BCUT2D eigenvalue weighted by molar-refractivity contribution is 5.81. The van der Waals surface area contributed by atoms with Gasteiger partial charge in [-0.1, -0.05) is 145 Å². The lowest BCUT2D eigenvalue weighted by Gasteiger charge is -2.36. The monoisotopic (exact) mass is 482 g/mol. The molecule has 1 aromatic heterocycles. The minimum absolute atomic E-state index is 0.0670. The van der Waals surface area contributed by atoms with E-state index in [9.17, 15) is 0 Å². The zero-order chi connectivity index (χ0) is 28.6. The Kier molecular flexibility index (Phi) is 4.82. The SMILES string of the molecule is [2H]c1c([2H])c(-c2ccccc2-c2nnnn2C(c2ccccc2)(c2ccccc2)c2ccccc2)c([2H])c([2H])c1C. The zero-order valence-electron chi connectivity index (χ0n) is 24.3. The third-order valence-electron chi connectivity index (χ3n) is 6.55. The van der Waals surface area contributed by atoms with Gasteiger partial charge in [-0.25, -0.2) is 4.68 Å². The molecule has 0 amide bonds. The van der Waals surface area contributed by atoms with Gasteiger partial charge < -0.3 is 0 Å². The van der Waals surface area contributed by atoms with Gasteiger partial charge in [0, 0.05) is 5.56 Å². The molecule has 0 aliphatic rings. The predicted molar refractivity (Wildman–Crippen MR) is 148 cm³/mol. The summed E-state index contributed by atoms with van der Waals surface area (Å²) in [5, 5.41) is 13.3. The van der Waals surface area contributed by atoms with Gasteiger partial charge >= 0.3 is 0 Å². The molecule has 178 valence electrons. The average molecular weight is 483 g/mol. The van der Waals surface area contributed by atoms with Crippen LogP contribution in [0.1, 0.15) is 27.7 Å². The molecule has 0 saturated carbocycles. The summed E-state index contributed by atoms with van der Waals surface area (Å²) in [7, 11) is 0. The van der Waals surface area contributed by atoms with Crippen LogP contribution in [0.15, 0.2) is 139 Å². The summed E-state index contributed by atoms with van der Waals surface area (Å²) in [5.41, 5.74) is 3.49. The second-order valence-corrected chi connectivity index (χ2v) is 8.77. The third kappa shape index (κ3) is 3.93. The molecular formula is C33H26N4. The van der Waals surface area contributed by atoms with Crippen LogP contribution >= 0.6 is 0 Å². The summed E-state index contributed by atoms with van der Waals surface area (Å²) in [6.07, 6.45) is 0. The average Bonchev–Trinajstić information content (AvgIpc) is 3.51. The number of aromatic nitrogens is 4. The van der Waals surface area contributed by atoms with Crippen LogP contribution < -0.4 is 0 Å². The van der Waals surface area contributed by atoms with Crippen LogP contribution in [0.25, 0.3) is 22.5 Å². The summed E-state index contributed by atoms with van der Waals surface area (Å²) >= 11 is 0. The van der Waals surface area contributed by atoms with Crippen LogP contribution in [0, 0.1) is 6.92 Å². The highest BCUT2D eigenvalue weighted by atomic mass is 15.6. The van der Waals surface area contributed by atoms with Gasteiger partial charge in [-0.2, -0.15) is 0 Å². The molecule has 0 atom stereocenters. The van der Waals surface area contributed by atoms with Crippen molar-refractivity contribution >= 4 is 0 Å². The molecule has 0 radical (unpaired) electrons. The number of nitrogens with zero attached hydrogens (tertiary/aromatic N) is 4. The van der Waals surface area contributed by atoms with Crippen molar-refractivity contribution in [3.8, 4) is 22.5 Å². The van der Waals surface area contributed by atoms with Crippen LogP contribution in [0.2, 0.25) is 0 Å². The van der Waals surface area contributed by atoms with Gasteiger partial charge in [0.2, 0.25) is 0 Å². The molecule has 1 heterocycles. The lowest BCUT2D eigenvalue weighted by atomic mass is 9.77. The first-order valence-corrected chi connectivity index (χ1v) is 12.1. The highest BCUT2D eigenvalue weighted by Gasteiger charge is 2.42. The number of hydrogen-bond acceptors (Lipinski definition) is 3. The zero-order valence-corrected chi connectivity index (χ0v) is 20.3. The molecule has 37 heavy (non-hydrogen) atoms. The maximum Gasteiger partial charge on any atom is 0.184 e. The Morgan fingerprint density at radius 3 is 1.57 bits per heavy atom. The summed E-state index contributed by atoms with van der Waals surface area (Å²) in [5.74, 6) is 0.426. The first-order valence-electron chi connectivity index (χ1n) is 14.1. The summed E-state index contributed by atoms with van der Waals surface area (Å²) in [6.45, 7) is 1.60. The lowest BCUT2D eigenvalue weighted by molar-refractivity contribution is 0.451. The van der Waals surface area contributed by atoms with Crippen molar-refractivity contribution in [1.29, 1.82) is 0 Å². The number of hydrogen-bond donors (Lipinski definition) is 0. The van der Waals surface area contributed by atoms with Gasteiger partial charge in [0.25, 0.3) is 0 Å². The van der Waals surface area contributed by atoms with Gasteiger partial charge in [0.15, 0.2) is 5.82 Å². The van der Waals surface area contributed by atoms with E-state index in [1.165, 1.54) is 0 Å². The molecule has 0 bridgehead atoms. The van der Waals surface area contributed by atoms with E-state index >= 15 is 0 Å². The Hall–Kier alpha value is -4.83. The first kappa shape index (κ1) is 18.4. The molecule has 4 nitrogen and oxygen atoms in total. The number of tetrazole rings is 1. The Morgan fingerprint density at radius 1 is 0.595 bits per heavy atom. The second-order valence-electron chi connectivity index (χ2n) is 8.77. The van der Waals surface area contributed by atoms with Crippen molar-refractivity contribution in [3.05, 3.63) is 162 Å². The molecule has 5 aromatic carbocycles. The lowest BCUT2D eigenvalue weighted by Crippen LogP contribution is -2.39. The molecular weight excluding hydrogens is 452 g/mol. The van der Waals surface area contributed by atoms with E-state index in [-0.39, 0.29) is 29.7 Å². The second kappa shape index (κ2) is 9.67. The van der Waals surface area contributed by atoms with Crippen molar-refractivity contribution in [3.63, 3.8) is 0 Å². The normalized spacial score (nSPS) is 12.9. The fourth-order valence-corrected chi connectivity index (χ4v) is 4.89. The van der Waals surface area contributed by atoms with Crippen LogP contribution in [0.4, 0.5) is 0 Å². The van der Waals surface area contributed by atoms with Crippen molar-refractivity contribution < 1.29 is 5.48 Å². The van der Waals surface area contributed by atoms with Gasteiger partial charge in [0.05, 0.1) is 5.48 Å². The number of benzene rings is 5. The molecule has 0 fully saturated rings. The van der Waals surface area contributed by atoms with E-state index in [1.54, 1.807) is 17.7 Å².